The van der Waals surface area contributed by atoms with Crippen molar-refractivity contribution >= 4 is 11.8 Å². The first kappa shape index (κ1) is 10.7. The Hall–Kier alpha value is -2.43. The van der Waals surface area contributed by atoms with Crippen LogP contribution in [-0.2, 0) is 17.8 Å². The molecule has 1 aromatic heterocycles. The summed E-state index contributed by atoms with van der Waals surface area (Å²) in [6, 6.07) is 7.20. The van der Waals surface area contributed by atoms with Gasteiger partial charge in [0.05, 0.1) is 13.0 Å². The van der Waals surface area contributed by atoms with E-state index in [1.54, 1.807) is 24.5 Å². The maximum Gasteiger partial charge on any atom is 0.261 e. The summed E-state index contributed by atoms with van der Waals surface area (Å²) in [7, 11) is 0. The molecule has 18 heavy (non-hydrogen) atoms. The van der Waals surface area contributed by atoms with E-state index in [0.717, 1.165) is 5.56 Å². The third kappa shape index (κ3) is 1.69. The molecule has 5 heteroatoms. The van der Waals surface area contributed by atoms with E-state index in [0.29, 0.717) is 11.4 Å². The van der Waals surface area contributed by atoms with E-state index in [9.17, 15) is 9.59 Å². The number of fused-ring (bicyclic) bond motifs is 1. The summed E-state index contributed by atoms with van der Waals surface area (Å²) >= 11 is 0. The maximum absolute atomic E-state index is 12.2. The molecule has 2 aromatic rings. The number of H-pyrrole nitrogens is 1. The van der Waals surface area contributed by atoms with E-state index in [1.165, 1.54) is 4.90 Å². The number of benzene rings is 1. The first-order valence-electron chi connectivity index (χ1n) is 5.66. The van der Waals surface area contributed by atoms with Crippen molar-refractivity contribution in [2.75, 3.05) is 0 Å². The second-order valence-corrected chi connectivity index (χ2v) is 4.15. The molecule has 0 spiro atoms. The molecule has 0 bridgehead atoms. The fourth-order valence-electron chi connectivity index (χ4n) is 2.09. The zero-order chi connectivity index (χ0) is 12.5. The van der Waals surface area contributed by atoms with Crippen LogP contribution in [0.5, 0.6) is 0 Å². The summed E-state index contributed by atoms with van der Waals surface area (Å²) in [5.41, 5.74) is 1.40. The number of hydrogen-bond acceptors (Lipinski definition) is 3. The summed E-state index contributed by atoms with van der Waals surface area (Å²) < 4.78 is 0. The van der Waals surface area contributed by atoms with Gasteiger partial charge in [-0.15, -0.1) is 0 Å². The van der Waals surface area contributed by atoms with Crippen LogP contribution in [0.15, 0.2) is 36.7 Å². The van der Waals surface area contributed by atoms with Crippen molar-refractivity contribution in [3.05, 3.63) is 53.6 Å². The van der Waals surface area contributed by atoms with Crippen molar-refractivity contribution in [2.45, 2.75) is 13.0 Å². The number of imide groups is 1. The molecule has 0 saturated carbocycles. The molecule has 0 radical (unpaired) electrons. The van der Waals surface area contributed by atoms with Crippen molar-refractivity contribution in [1.29, 1.82) is 0 Å². The predicted molar refractivity (Wildman–Crippen MR) is 63.6 cm³/mol. The predicted octanol–water partition coefficient (Wildman–Crippen LogP) is 1.13. The number of nitrogens with zero attached hydrogens (tertiary/aromatic N) is 2. The highest BCUT2D eigenvalue weighted by Gasteiger charge is 2.30. The largest absolute Gasteiger partial charge is 0.347 e. The molecule has 90 valence electrons. The van der Waals surface area contributed by atoms with Crippen molar-refractivity contribution in [2.24, 2.45) is 0 Å². The molecule has 1 aliphatic rings. The average molecular weight is 241 g/mol. The number of rotatable bonds is 2. The van der Waals surface area contributed by atoms with Crippen LogP contribution in [0.1, 0.15) is 21.7 Å². The highest BCUT2D eigenvalue weighted by atomic mass is 16.2. The number of carbonyl (C=O) groups is 2. The Morgan fingerprint density at radius 2 is 2.11 bits per heavy atom. The molecule has 1 N–H and O–H groups in total. The lowest BCUT2D eigenvalue weighted by atomic mass is 9.98. The Bertz CT molecular complexity index is 604. The second-order valence-electron chi connectivity index (χ2n) is 4.15. The topological polar surface area (TPSA) is 66.1 Å². The maximum atomic E-state index is 12.2. The van der Waals surface area contributed by atoms with E-state index in [4.69, 9.17) is 0 Å². The molecule has 0 aliphatic carbocycles. The van der Waals surface area contributed by atoms with Crippen LogP contribution in [0.25, 0.3) is 0 Å². The highest BCUT2D eigenvalue weighted by Crippen LogP contribution is 2.20. The van der Waals surface area contributed by atoms with E-state index < -0.39 is 0 Å². The van der Waals surface area contributed by atoms with Gasteiger partial charge < -0.3 is 4.98 Å². The second kappa shape index (κ2) is 4.10. The van der Waals surface area contributed by atoms with Gasteiger partial charge in [0, 0.05) is 18.0 Å². The molecule has 0 atom stereocenters. The Balaban J connectivity index is 1.93. The van der Waals surface area contributed by atoms with E-state index in [1.807, 2.05) is 12.1 Å². The van der Waals surface area contributed by atoms with Gasteiger partial charge in [-0.05, 0) is 11.6 Å². The summed E-state index contributed by atoms with van der Waals surface area (Å²) in [5, 5.41) is 0. The molecule has 0 unspecified atom stereocenters. The van der Waals surface area contributed by atoms with Gasteiger partial charge in [0.15, 0.2) is 0 Å². The minimum absolute atomic E-state index is 0.185. The number of amides is 2. The quantitative estimate of drug-likeness (QED) is 0.802. The van der Waals surface area contributed by atoms with Crippen molar-refractivity contribution < 1.29 is 9.59 Å². The lowest BCUT2D eigenvalue weighted by molar-refractivity contribution is -0.128. The number of hydrogen-bond donors (Lipinski definition) is 1. The van der Waals surface area contributed by atoms with Gasteiger partial charge in [0.1, 0.15) is 5.82 Å². The molecule has 2 heterocycles. The fourth-order valence-corrected chi connectivity index (χ4v) is 2.09. The average Bonchev–Trinajstić information content (AvgIpc) is 2.87. The summed E-state index contributed by atoms with van der Waals surface area (Å²) in [5.74, 6) is 0.171. The molecule has 3 rings (SSSR count). The number of aromatic amines is 1. The van der Waals surface area contributed by atoms with E-state index in [-0.39, 0.29) is 24.8 Å². The molecule has 2 amide bonds. The number of carbonyl (C=O) groups excluding carboxylic acids is 2. The summed E-state index contributed by atoms with van der Waals surface area (Å²) in [4.78, 5) is 32.3. The third-order valence-electron chi connectivity index (χ3n) is 3.00. The van der Waals surface area contributed by atoms with Gasteiger partial charge in [-0.3, -0.25) is 14.5 Å². The number of aromatic nitrogens is 2. The fraction of sp³-hybridized carbons (Fsp3) is 0.154. The van der Waals surface area contributed by atoms with Gasteiger partial charge in [0.25, 0.3) is 5.91 Å². The summed E-state index contributed by atoms with van der Waals surface area (Å²) in [6.07, 6.45) is 3.53. The lowest BCUT2D eigenvalue weighted by Gasteiger charge is -2.25. The normalized spacial score (nSPS) is 14.8. The van der Waals surface area contributed by atoms with Gasteiger partial charge in [-0.25, -0.2) is 4.98 Å². The first-order valence-corrected chi connectivity index (χ1v) is 5.66. The van der Waals surface area contributed by atoms with Crippen molar-refractivity contribution in [1.82, 2.24) is 14.9 Å². The lowest BCUT2D eigenvalue weighted by Crippen LogP contribution is -2.41. The minimum Gasteiger partial charge on any atom is -0.347 e. The first-order chi connectivity index (χ1) is 8.75. The van der Waals surface area contributed by atoms with Gasteiger partial charge >= 0.3 is 0 Å². The van der Waals surface area contributed by atoms with E-state index in [2.05, 4.69) is 9.97 Å². The Morgan fingerprint density at radius 3 is 2.89 bits per heavy atom. The van der Waals surface area contributed by atoms with Gasteiger partial charge in [0.2, 0.25) is 5.91 Å². The molecule has 1 aromatic carbocycles. The molecule has 5 nitrogen and oxygen atoms in total. The Labute approximate surface area is 103 Å². The molecular formula is C13H11N3O2. The van der Waals surface area contributed by atoms with Crippen LogP contribution in [0, 0.1) is 0 Å². The van der Waals surface area contributed by atoms with Crippen LogP contribution in [0.2, 0.25) is 0 Å². The van der Waals surface area contributed by atoms with Crippen LogP contribution in [0.4, 0.5) is 0 Å². The zero-order valence-corrected chi connectivity index (χ0v) is 9.59. The van der Waals surface area contributed by atoms with Crippen LogP contribution >= 0.6 is 0 Å². The number of imidazole rings is 1. The third-order valence-corrected chi connectivity index (χ3v) is 3.00. The monoisotopic (exact) mass is 241 g/mol. The standard InChI is InChI=1S/C13H11N3O2/c17-12-7-9-3-1-2-4-10(9)13(18)16(12)8-11-14-5-6-15-11/h1-6H,7-8H2,(H,14,15). The number of nitrogens with one attached hydrogen (secondary N) is 1. The zero-order valence-electron chi connectivity index (χ0n) is 9.59. The SMILES string of the molecule is O=C1Cc2ccccc2C(=O)N1Cc1ncc[nH]1. The van der Waals surface area contributed by atoms with Crippen molar-refractivity contribution in [3.63, 3.8) is 0 Å². The molecule has 1 aliphatic heterocycles. The van der Waals surface area contributed by atoms with Crippen LogP contribution < -0.4 is 0 Å². The molecule has 0 saturated heterocycles. The van der Waals surface area contributed by atoms with E-state index >= 15 is 0 Å². The molecular weight excluding hydrogens is 230 g/mol. The van der Waals surface area contributed by atoms with Gasteiger partial charge in [-0.1, -0.05) is 18.2 Å². The highest BCUT2D eigenvalue weighted by molar-refractivity contribution is 6.09. The summed E-state index contributed by atoms with van der Waals surface area (Å²) in [6.45, 7) is 0.193. The van der Waals surface area contributed by atoms with Crippen LogP contribution in [-0.4, -0.2) is 26.7 Å². The minimum atomic E-state index is -0.252. The van der Waals surface area contributed by atoms with Crippen LogP contribution in [0.3, 0.4) is 0 Å². The Kier molecular flexibility index (Phi) is 2.44. The van der Waals surface area contributed by atoms with Crippen molar-refractivity contribution in [3.8, 4) is 0 Å². The smallest absolute Gasteiger partial charge is 0.261 e. The van der Waals surface area contributed by atoms with Gasteiger partial charge in [-0.2, -0.15) is 0 Å². The molecule has 0 fully saturated rings. The Morgan fingerprint density at radius 1 is 1.28 bits per heavy atom.